The van der Waals surface area contributed by atoms with Crippen LogP contribution in [0.3, 0.4) is 0 Å². The predicted molar refractivity (Wildman–Crippen MR) is 75.0 cm³/mol. The summed E-state index contributed by atoms with van der Waals surface area (Å²) in [4.78, 5) is 12.0. The van der Waals surface area contributed by atoms with Gasteiger partial charge in [-0.25, -0.2) is 0 Å². The lowest BCUT2D eigenvalue weighted by Crippen LogP contribution is -2.11. The molecule has 0 saturated heterocycles. The fraction of sp³-hybridized carbons (Fsp3) is 0.286. The summed E-state index contributed by atoms with van der Waals surface area (Å²) in [6.45, 7) is 0.673. The van der Waals surface area contributed by atoms with Gasteiger partial charge in [0.15, 0.2) is 0 Å². The number of nitrogens with zero attached hydrogens (tertiary/aromatic N) is 2. The van der Waals surface area contributed by atoms with Crippen LogP contribution < -0.4 is 11.1 Å². The molecule has 0 aliphatic carbocycles. The van der Waals surface area contributed by atoms with Crippen molar-refractivity contribution in [3.05, 3.63) is 47.8 Å². The number of hydrogen-bond acceptors (Lipinski definition) is 3. The Bertz CT molecular complexity index is 562. The molecular weight excluding hydrogens is 240 g/mol. The number of rotatable bonds is 5. The Hall–Kier alpha value is -2.14. The second kappa shape index (κ2) is 6.15. The molecule has 0 bridgehead atoms. The van der Waals surface area contributed by atoms with E-state index in [1.807, 2.05) is 24.3 Å². The Morgan fingerprint density at radius 1 is 1.47 bits per heavy atom. The molecule has 100 valence electrons. The highest BCUT2D eigenvalue weighted by atomic mass is 16.1. The molecule has 0 fully saturated rings. The summed E-state index contributed by atoms with van der Waals surface area (Å²) in [5.41, 5.74) is 8.02. The van der Waals surface area contributed by atoms with Crippen molar-refractivity contribution in [1.82, 2.24) is 9.78 Å². The molecule has 3 N–H and O–H groups in total. The lowest BCUT2D eigenvalue weighted by Gasteiger charge is -2.06. The number of amides is 1. The molecule has 0 radical (unpaired) electrons. The van der Waals surface area contributed by atoms with Crippen LogP contribution in [0.15, 0.2) is 36.7 Å². The van der Waals surface area contributed by atoms with Crippen LogP contribution in [0.4, 0.5) is 5.69 Å². The largest absolute Gasteiger partial charge is 0.330 e. The zero-order chi connectivity index (χ0) is 13.7. The average Bonchev–Trinajstić information content (AvgIpc) is 2.83. The van der Waals surface area contributed by atoms with Gasteiger partial charge in [-0.2, -0.15) is 5.10 Å². The monoisotopic (exact) mass is 258 g/mol. The Kier molecular flexibility index (Phi) is 4.30. The predicted octanol–water partition coefficient (Wildman–Crippen LogP) is 1.56. The highest BCUT2D eigenvalue weighted by molar-refractivity contribution is 6.03. The van der Waals surface area contributed by atoms with E-state index < -0.39 is 0 Å². The number of carbonyl (C=O) groups is 1. The molecule has 0 atom stereocenters. The molecule has 0 saturated carbocycles. The van der Waals surface area contributed by atoms with Crippen LogP contribution in [0.25, 0.3) is 0 Å². The second-order valence-corrected chi connectivity index (χ2v) is 4.45. The molecule has 0 unspecified atom stereocenters. The molecule has 0 aliphatic rings. The van der Waals surface area contributed by atoms with E-state index in [2.05, 4.69) is 10.4 Å². The Morgan fingerprint density at radius 2 is 2.32 bits per heavy atom. The molecule has 5 nitrogen and oxygen atoms in total. The first-order valence-corrected chi connectivity index (χ1v) is 6.28. The first-order valence-electron chi connectivity index (χ1n) is 6.28. The zero-order valence-corrected chi connectivity index (χ0v) is 11.0. The van der Waals surface area contributed by atoms with E-state index in [1.165, 1.54) is 5.56 Å². The summed E-state index contributed by atoms with van der Waals surface area (Å²) in [5, 5.41) is 6.84. The number of carbonyl (C=O) groups excluding carboxylic acids is 1. The van der Waals surface area contributed by atoms with E-state index in [0.717, 1.165) is 18.5 Å². The van der Waals surface area contributed by atoms with Crippen LogP contribution in [0.5, 0.6) is 0 Å². The van der Waals surface area contributed by atoms with E-state index in [9.17, 15) is 4.79 Å². The minimum atomic E-state index is -0.149. The van der Waals surface area contributed by atoms with Crippen molar-refractivity contribution in [2.75, 3.05) is 11.9 Å². The van der Waals surface area contributed by atoms with Gasteiger partial charge in [0.2, 0.25) is 0 Å². The van der Waals surface area contributed by atoms with Gasteiger partial charge in [0, 0.05) is 18.9 Å². The number of aryl methyl sites for hydroxylation is 2. The number of nitrogens with two attached hydrogens (primary N) is 1. The molecule has 19 heavy (non-hydrogen) atoms. The molecule has 2 aromatic rings. The average molecular weight is 258 g/mol. The van der Waals surface area contributed by atoms with Crippen LogP contribution in [-0.4, -0.2) is 22.2 Å². The Morgan fingerprint density at radius 3 is 3.00 bits per heavy atom. The van der Waals surface area contributed by atoms with Crippen molar-refractivity contribution in [3.63, 3.8) is 0 Å². The van der Waals surface area contributed by atoms with Gasteiger partial charge in [-0.05, 0) is 37.1 Å². The van der Waals surface area contributed by atoms with Crippen molar-refractivity contribution in [2.24, 2.45) is 12.8 Å². The minimum absolute atomic E-state index is 0.149. The van der Waals surface area contributed by atoms with Crippen LogP contribution in [0.1, 0.15) is 22.3 Å². The third-order valence-corrected chi connectivity index (χ3v) is 2.82. The molecule has 1 aromatic carbocycles. The van der Waals surface area contributed by atoms with Gasteiger partial charge in [0.25, 0.3) is 5.91 Å². The maximum atomic E-state index is 12.0. The van der Waals surface area contributed by atoms with Crippen molar-refractivity contribution in [3.8, 4) is 0 Å². The SMILES string of the molecule is Cn1cc(C(=O)Nc2cccc(CCCN)c2)cn1. The smallest absolute Gasteiger partial charge is 0.258 e. The fourth-order valence-electron chi connectivity index (χ4n) is 1.85. The van der Waals surface area contributed by atoms with Gasteiger partial charge in [-0.15, -0.1) is 0 Å². The van der Waals surface area contributed by atoms with Crippen molar-refractivity contribution < 1.29 is 4.79 Å². The number of benzene rings is 1. The van der Waals surface area contributed by atoms with Crippen molar-refractivity contribution in [2.45, 2.75) is 12.8 Å². The number of hydrogen-bond donors (Lipinski definition) is 2. The molecule has 1 heterocycles. The van der Waals surface area contributed by atoms with Crippen LogP contribution in [-0.2, 0) is 13.5 Å². The maximum Gasteiger partial charge on any atom is 0.258 e. The van der Waals surface area contributed by atoms with E-state index in [4.69, 9.17) is 5.73 Å². The molecule has 0 aliphatic heterocycles. The second-order valence-electron chi connectivity index (χ2n) is 4.45. The fourth-order valence-corrected chi connectivity index (χ4v) is 1.85. The van der Waals surface area contributed by atoms with Gasteiger partial charge in [-0.1, -0.05) is 12.1 Å². The Balaban J connectivity index is 2.04. The summed E-state index contributed by atoms with van der Waals surface area (Å²) >= 11 is 0. The van der Waals surface area contributed by atoms with Crippen LogP contribution in [0.2, 0.25) is 0 Å². The van der Waals surface area contributed by atoms with E-state index in [1.54, 1.807) is 24.1 Å². The van der Waals surface area contributed by atoms with Gasteiger partial charge in [0.1, 0.15) is 0 Å². The third kappa shape index (κ3) is 3.66. The van der Waals surface area contributed by atoms with Gasteiger partial charge < -0.3 is 11.1 Å². The van der Waals surface area contributed by atoms with Gasteiger partial charge in [-0.3, -0.25) is 9.48 Å². The standard InChI is InChI=1S/C14H18N4O/c1-18-10-12(9-16-18)14(19)17-13-6-2-4-11(8-13)5-3-7-15/h2,4,6,8-10H,3,5,7,15H2,1H3,(H,17,19). The molecule has 2 rings (SSSR count). The zero-order valence-electron chi connectivity index (χ0n) is 11.0. The first kappa shape index (κ1) is 13.3. The van der Waals surface area contributed by atoms with Crippen LogP contribution in [0, 0.1) is 0 Å². The third-order valence-electron chi connectivity index (χ3n) is 2.82. The molecule has 1 aromatic heterocycles. The summed E-state index contributed by atoms with van der Waals surface area (Å²) in [6, 6.07) is 7.82. The topological polar surface area (TPSA) is 72.9 Å². The maximum absolute atomic E-state index is 12.0. The highest BCUT2D eigenvalue weighted by Crippen LogP contribution is 2.13. The first-order chi connectivity index (χ1) is 9.19. The van der Waals surface area contributed by atoms with E-state index >= 15 is 0 Å². The molecular formula is C14H18N4O. The summed E-state index contributed by atoms with van der Waals surface area (Å²) in [7, 11) is 1.78. The molecule has 1 amide bonds. The summed E-state index contributed by atoms with van der Waals surface area (Å²) in [6.07, 6.45) is 5.11. The van der Waals surface area contributed by atoms with E-state index in [-0.39, 0.29) is 5.91 Å². The minimum Gasteiger partial charge on any atom is -0.330 e. The summed E-state index contributed by atoms with van der Waals surface area (Å²) in [5.74, 6) is -0.149. The number of anilines is 1. The number of aromatic nitrogens is 2. The van der Waals surface area contributed by atoms with E-state index in [0.29, 0.717) is 12.1 Å². The molecule has 5 heteroatoms. The van der Waals surface area contributed by atoms with Gasteiger partial charge >= 0.3 is 0 Å². The lowest BCUT2D eigenvalue weighted by atomic mass is 10.1. The van der Waals surface area contributed by atoms with Gasteiger partial charge in [0.05, 0.1) is 11.8 Å². The van der Waals surface area contributed by atoms with Crippen molar-refractivity contribution >= 4 is 11.6 Å². The Labute approximate surface area is 112 Å². The summed E-state index contributed by atoms with van der Waals surface area (Å²) < 4.78 is 1.60. The normalized spacial score (nSPS) is 10.4. The van der Waals surface area contributed by atoms with Crippen molar-refractivity contribution in [1.29, 1.82) is 0 Å². The molecule has 0 spiro atoms. The quantitative estimate of drug-likeness (QED) is 0.855. The van der Waals surface area contributed by atoms with Crippen LogP contribution >= 0.6 is 0 Å². The highest BCUT2D eigenvalue weighted by Gasteiger charge is 2.08. The lowest BCUT2D eigenvalue weighted by molar-refractivity contribution is 0.102. The number of nitrogens with one attached hydrogen (secondary N) is 1.